The molecule has 1 heterocycles. The molecule has 1 unspecified atom stereocenters. The van der Waals surface area contributed by atoms with Gasteiger partial charge in [0.05, 0.1) is 10.6 Å². The number of benzene rings is 1. The summed E-state index contributed by atoms with van der Waals surface area (Å²) in [5, 5.41) is 2.70. The van der Waals surface area contributed by atoms with Gasteiger partial charge in [0.25, 0.3) is 0 Å². The van der Waals surface area contributed by atoms with Crippen molar-refractivity contribution in [3.63, 3.8) is 0 Å². The molecule has 10 heteroatoms. The van der Waals surface area contributed by atoms with E-state index in [4.69, 9.17) is 4.74 Å². The number of amides is 1. The van der Waals surface area contributed by atoms with Crippen molar-refractivity contribution in [2.45, 2.75) is 31.7 Å². The summed E-state index contributed by atoms with van der Waals surface area (Å²) in [4.78, 5) is 12.2. The molecule has 1 atom stereocenters. The fourth-order valence-corrected chi connectivity index (χ4v) is 5.19. The lowest BCUT2D eigenvalue weighted by atomic mass is 10.0. The van der Waals surface area contributed by atoms with Crippen LogP contribution in [0.2, 0.25) is 0 Å². The third-order valence-corrected chi connectivity index (χ3v) is 7.94. The summed E-state index contributed by atoms with van der Waals surface area (Å²) in [6.07, 6.45) is 0. The van der Waals surface area contributed by atoms with Crippen LogP contribution < -0.4 is 10.1 Å². The zero-order chi connectivity index (χ0) is 20.2. The van der Waals surface area contributed by atoms with Crippen molar-refractivity contribution in [1.82, 2.24) is 9.62 Å². The maximum absolute atomic E-state index is 13.0. The Morgan fingerprint density at radius 3 is 2.37 bits per heavy atom. The Morgan fingerprint density at radius 1 is 1.19 bits per heavy atom. The fraction of sp³-hybridized carbons (Fsp3) is 0.588. The van der Waals surface area contributed by atoms with E-state index < -0.39 is 25.9 Å². The number of ether oxygens (including phenoxy) is 1. The van der Waals surface area contributed by atoms with Gasteiger partial charge in [-0.1, -0.05) is 20.8 Å². The fourth-order valence-electron chi connectivity index (χ4n) is 2.84. The van der Waals surface area contributed by atoms with E-state index in [-0.39, 0.29) is 47.9 Å². The number of carbonyl (C=O) groups is 1. The minimum absolute atomic E-state index is 0.00396. The smallest absolute Gasteiger partial charge is 0.243 e. The van der Waals surface area contributed by atoms with E-state index in [1.165, 1.54) is 28.6 Å². The van der Waals surface area contributed by atoms with Gasteiger partial charge in [-0.3, -0.25) is 4.79 Å². The summed E-state index contributed by atoms with van der Waals surface area (Å²) in [5.41, 5.74) is 0. The normalized spacial score (nSPS) is 19.1. The number of sulfonamides is 1. The molecule has 0 bridgehead atoms. The molecule has 1 aromatic rings. The predicted octanol–water partition coefficient (Wildman–Crippen LogP) is 0.645. The lowest BCUT2D eigenvalue weighted by molar-refractivity contribution is -0.128. The monoisotopic (exact) mass is 418 g/mol. The van der Waals surface area contributed by atoms with Crippen LogP contribution in [-0.2, 0) is 24.7 Å². The molecule has 1 amide bonds. The van der Waals surface area contributed by atoms with Crippen molar-refractivity contribution in [2.24, 2.45) is 5.92 Å². The van der Waals surface area contributed by atoms with Gasteiger partial charge >= 0.3 is 0 Å². The van der Waals surface area contributed by atoms with E-state index in [1.807, 2.05) is 0 Å². The topological polar surface area (TPSA) is 110 Å². The largest absolute Gasteiger partial charge is 0.493 e. The summed E-state index contributed by atoms with van der Waals surface area (Å²) < 4.78 is 55.5. The van der Waals surface area contributed by atoms with Crippen LogP contribution in [0.4, 0.5) is 0 Å². The summed E-state index contributed by atoms with van der Waals surface area (Å²) in [6.45, 7) is 5.67. The Kier molecular flexibility index (Phi) is 6.87. The first-order chi connectivity index (χ1) is 12.6. The van der Waals surface area contributed by atoms with Crippen molar-refractivity contribution in [2.75, 3.05) is 31.2 Å². The highest BCUT2D eigenvalue weighted by molar-refractivity contribution is 7.91. The first kappa shape index (κ1) is 21.6. The molecule has 2 rings (SSSR count). The number of piperazine rings is 1. The molecule has 1 aromatic carbocycles. The van der Waals surface area contributed by atoms with Crippen LogP contribution in [0.3, 0.4) is 0 Å². The van der Waals surface area contributed by atoms with E-state index in [2.05, 4.69) is 5.32 Å². The predicted molar refractivity (Wildman–Crippen MR) is 102 cm³/mol. The Morgan fingerprint density at radius 2 is 1.81 bits per heavy atom. The zero-order valence-electron chi connectivity index (χ0n) is 15.7. The van der Waals surface area contributed by atoms with Crippen LogP contribution >= 0.6 is 0 Å². The van der Waals surface area contributed by atoms with Gasteiger partial charge in [-0.2, -0.15) is 4.31 Å². The number of hydrogen-bond acceptors (Lipinski definition) is 6. The van der Waals surface area contributed by atoms with Gasteiger partial charge < -0.3 is 10.1 Å². The summed E-state index contributed by atoms with van der Waals surface area (Å²) >= 11 is 0. The van der Waals surface area contributed by atoms with Gasteiger partial charge in [0.1, 0.15) is 18.4 Å². The number of sulfone groups is 1. The highest BCUT2D eigenvalue weighted by Gasteiger charge is 2.40. The minimum Gasteiger partial charge on any atom is -0.493 e. The van der Waals surface area contributed by atoms with E-state index >= 15 is 0 Å². The van der Waals surface area contributed by atoms with Crippen LogP contribution in [0.1, 0.15) is 20.8 Å². The van der Waals surface area contributed by atoms with E-state index in [9.17, 15) is 21.6 Å². The number of nitrogens with zero attached hydrogens (tertiary/aromatic N) is 1. The highest BCUT2D eigenvalue weighted by atomic mass is 32.2. The first-order valence-corrected chi connectivity index (χ1v) is 12.1. The Bertz CT molecular complexity index is 863. The van der Waals surface area contributed by atoms with Gasteiger partial charge in [0, 0.05) is 18.8 Å². The van der Waals surface area contributed by atoms with Crippen LogP contribution in [0.25, 0.3) is 0 Å². The third kappa shape index (κ3) is 5.20. The summed E-state index contributed by atoms with van der Waals surface area (Å²) in [7, 11) is -6.95. The van der Waals surface area contributed by atoms with Gasteiger partial charge in [-0.25, -0.2) is 16.8 Å². The van der Waals surface area contributed by atoms with Crippen molar-refractivity contribution in [3.8, 4) is 5.75 Å². The minimum atomic E-state index is -3.83. The molecular weight excluding hydrogens is 392 g/mol. The van der Waals surface area contributed by atoms with Gasteiger partial charge in [-0.05, 0) is 30.2 Å². The number of nitrogens with one attached hydrogen (secondary N) is 1. The Balaban J connectivity index is 2.13. The highest BCUT2D eigenvalue weighted by Crippen LogP contribution is 2.25. The second-order valence-corrected chi connectivity index (χ2v) is 11.0. The van der Waals surface area contributed by atoms with Gasteiger partial charge in [0.2, 0.25) is 15.9 Å². The molecule has 1 N–H and O–H groups in total. The number of carbonyl (C=O) groups excluding carboxylic acids is 1. The zero-order valence-corrected chi connectivity index (χ0v) is 17.3. The lowest BCUT2D eigenvalue weighted by Gasteiger charge is -2.36. The summed E-state index contributed by atoms with van der Waals surface area (Å²) in [5.74, 6) is -0.117. The van der Waals surface area contributed by atoms with Crippen LogP contribution in [0, 0.1) is 5.92 Å². The second-order valence-electron chi connectivity index (χ2n) is 6.65. The molecule has 1 aliphatic heterocycles. The molecule has 1 aliphatic rings. The number of hydrogen-bond donors (Lipinski definition) is 1. The van der Waals surface area contributed by atoms with Crippen molar-refractivity contribution in [1.29, 1.82) is 0 Å². The van der Waals surface area contributed by atoms with E-state index in [1.54, 1.807) is 20.8 Å². The standard InChI is InChI=1S/C17H26N2O6S2/c1-4-26(21,22)12-11-25-14-5-7-15(8-6-14)27(23,24)19-10-9-18-17(20)16(19)13(2)3/h5-8,13,16H,4,9-12H2,1-3H3,(H,18,20). The molecule has 8 nitrogen and oxygen atoms in total. The molecule has 152 valence electrons. The first-order valence-electron chi connectivity index (χ1n) is 8.81. The molecule has 27 heavy (non-hydrogen) atoms. The average molecular weight is 419 g/mol. The van der Waals surface area contributed by atoms with E-state index in [0.29, 0.717) is 5.75 Å². The maximum atomic E-state index is 13.0. The van der Waals surface area contributed by atoms with Crippen LogP contribution in [0.15, 0.2) is 29.2 Å². The van der Waals surface area contributed by atoms with Crippen LogP contribution in [-0.4, -0.2) is 64.3 Å². The van der Waals surface area contributed by atoms with Crippen molar-refractivity contribution < 1.29 is 26.4 Å². The average Bonchev–Trinajstić information content (AvgIpc) is 2.61. The maximum Gasteiger partial charge on any atom is 0.243 e. The number of rotatable bonds is 8. The van der Waals surface area contributed by atoms with Gasteiger partial charge in [0.15, 0.2) is 9.84 Å². The molecule has 1 fully saturated rings. The Labute approximate surface area is 160 Å². The SMILES string of the molecule is CCS(=O)(=O)CCOc1ccc(S(=O)(=O)N2CCNC(=O)C2C(C)C)cc1. The second kappa shape index (κ2) is 8.57. The van der Waals surface area contributed by atoms with Crippen LogP contribution in [0.5, 0.6) is 5.75 Å². The quantitative estimate of drug-likeness (QED) is 0.664. The summed E-state index contributed by atoms with van der Waals surface area (Å²) in [6, 6.07) is 5.03. The molecule has 0 aromatic heterocycles. The molecule has 1 saturated heterocycles. The molecule has 0 saturated carbocycles. The van der Waals surface area contributed by atoms with E-state index in [0.717, 1.165) is 0 Å². The lowest BCUT2D eigenvalue weighted by Crippen LogP contribution is -2.58. The van der Waals surface area contributed by atoms with Gasteiger partial charge in [-0.15, -0.1) is 0 Å². The molecular formula is C17H26N2O6S2. The van der Waals surface area contributed by atoms with Crippen molar-refractivity contribution in [3.05, 3.63) is 24.3 Å². The third-order valence-electron chi connectivity index (χ3n) is 4.37. The Hall–Kier alpha value is -1.65. The molecule has 0 spiro atoms. The molecule has 0 aliphatic carbocycles. The molecule has 0 radical (unpaired) electrons. The van der Waals surface area contributed by atoms with Crippen molar-refractivity contribution >= 4 is 25.8 Å².